The summed E-state index contributed by atoms with van der Waals surface area (Å²) in [5.41, 5.74) is 11.8. The lowest BCUT2D eigenvalue weighted by Gasteiger charge is -2.36. The van der Waals surface area contributed by atoms with Gasteiger partial charge in [0.1, 0.15) is 0 Å². The molecule has 150 valence electrons. The minimum atomic E-state index is 0.259. The van der Waals surface area contributed by atoms with Crippen molar-refractivity contribution in [3.8, 4) is 0 Å². The second kappa shape index (κ2) is 7.47. The molecule has 0 aromatic heterocycles. The van der Waals surface area contributed by atoms with Gasteiger partial charge < -0.3 is 15.5 Å². The average Bonchev–Trinajstić information content (AvgIpc) is 2.98. The van der Waals surface area contributed by atoms with Crippen LogP contribution in [0.4, 0.5) is 5.69 Å². The molecule has 29 heavy (non-hydrogen) atoms. The van der Waals surface area contributed by atoms with Crippen LogP contribution in [0.3, 0.4) is 0 Å². The van der Waals surface area contributed by atoms with E-state index < -0.39 is 0 Å². The van der Waals surface area contributed by atoms with Gasteiger partial charge in [0.15, 0.2) is 0 Å². The number of nitrogens with zero attached hydrogens (tertiary/aromatic N) is 1. The molecule has 1 aromatic carbocycles. The minimum Gasteiger partial charge on any atom is -0.362 e. The van der Waals surface area contributed by atoms with E-state index in [2.05, 4.69) is 80.0 Å². The Morgan fingerprint density at radius 3 is 2.59 bits per heavy atom. The Labute approximate surface area is 174 Å². The smallest absolute Gasteiger partial charge is 0.0693 e. The topological polar surface area (TPSA) is 27.3 Å². The average molecular weight is 386 g/mol. The van der Waals surface area contributed by atoms with Crippen molar-refractivity contribution >= 4 is 11.4 Å². The highest BCUT2D eigenvalue weighted by atomic mass is 15.2. The summed E-state index contributed by atoms with van der Waals surface area (Å²) in [6, 6.07) is 4.78. The van der Waals surface area contributed by atoms with Gasteiger partial charge in [0.05, 0.1) is 6.04 Å². The maximum Gasteiger partial charge on any atom is 0.0693 e. The maximum atomic E-state index is 4.40. The third-order valence-electron chi connectivity index (χ3n) is 6.31. The number of benzene rings is 1. The second-order valence-electron chi connectivity index (χ2n) is 8.52. The minimum absolute atomic E-state index is 0.259. The molecular weight excluding hydrogens is 354 g/mol. The van der Waals surface area contributed by atoms with Crippen LogP contribution in [0.2, 0.25) is 0 Å². The lowest BCUT2D eigenvalue weighted by Crippen LogP contribution is -2.39. The van der Waals surface area contributed by atoms with Crippen molar-refractivity contribution in [1.29, 1.82) is 0 Å². The highest BCUT2D eigenvalue weighted by Crippen LogP contribution is 2.39. The molecule has 1 aromatic rings. The van der Waals surface area contributed by atoms with Crippen molar-refractivity contribution < 1.29 is 0 Å². The van der Waals surface area contributed by atoms with Gasteiger partial charge in [-0.2, -0.15) is 0 Å². The number of rotatable bonds is 4. The molecule has 3 nitrogen and oxygen atoms in total. The SMILES string of the molecule is C=C1CCC(N2Cc3cc(NC(=C)C4=CC=C(C)CC4)c(C)cc3C2=C)C(=C)N1. The Bertz CT molecular complexity index is 989. The Morgan fingerprint density at radius 2 is 1.90 bits per heavy atom. The zero-order valence-corrected chi connectivity index (χ0v) is 17.7. The van der Waals surface area contributed by atoms with Gasteiger partial charge >= 0.3 is 0 Å². The van der Waals surface area contributed by atoms with Gasteiger partial charge in [-0.3, -0.25) is 0 Å². The van der Waals surface area contributed by atoms with Crippen LogP contribution in [-0.4, -0.2) is 10.9 Å². The standard InChI is InChI=1S/C26H31N3/c1-16-7-10-22(11-8-16)19(4)28-25-14-23-15-29(21(6)24(23)13-17(25)2)26-12-9-18(3)27-20(26)5/h7,10,13-14,26-28H,3-6,8-9,11-12,15H2,1-2H3. The molecule has 1 fully saturated rings. The monoisotopic (exact) mass is 385 g/mol. The zero-order chi connectivity index (χ0) is 20.7. The van der Waals surface area contributed by atoms with Gasteiger partial charge in [-0.05, 0) is 68.4 Å². The summed E-state index contributed by atoms with van der Waals surface area (Å²) < 4.78 is 0. The van der Waals surface area contributed by atoms with E-state index in [0.29, 0.717) is 0 Å². The van der Waals surface area contributed by atoms with Gasteiger partial charge in [-0.1, -0.05) is 44.0 Å². The quantitative estimate of drug-likeness (QED) is 0.650. The Hall–Kier alpha value is -2.94. The number of fused-ring (bicyclic) bond motifs is 1. The van der Waals surface area contributed by atoms with Crippen LogP contribution < -0.4 is 10.6 Å². The van der Waals surface area contributed by atoms with Gasteiger partial charge in [0.25, 0.3) is 0 Å². The fourth-order valence-corrected chi connectivity index (χ4v) is 4.46. The largest absolute Gasteiger partial charge is 0.362 e. The van der Waals surface area contributed by atoms with Crippen LogP contribution in [0.5, 0.6) is 0 Å². The van der Waals surface area contributed by atoms with E-state index in [9.17, 15) is 0 Å². The Morgan fingerprint density at radius 1 is 1.10 bits per heavy atom. The van der Waals surface area contributed by atoms with Crippen molar-refractivity contribution in [3.05, 3.63) is 95.5 Å². The molecule has 2 N–H and O–H groups in total. The van der Waals surface area contributed by atoms with Crippen molar-refractivity contribution in [2.24, 2.45) is 0 Å². The van der Waals surface area contributed by atoms with Crippen molar-refractivity contribution in [3.63, 3.8) is 0 Å². The number of nitrogens with one attached hydrogen (secondary N) is 2. The zero-order valence-electron chi connectivity index (χ0n) is 17.7. The molecule has 1 aliphatic carbocycles. The summed E-state index contributed by atoms with van der Waals surface area (Å²) in [5, 5.41) is 6.90. The second-order valence-corrected chi connectivity index (χ2v) is 8.52. The molecule has 3 heteroatoms. The lowest BCUT2D eigenvalue weighted by molar-refractivity contribution is 0.297. The van der Waals surface area contributed by atoms with Crippen molar-refractivity contribution in [1.82, 2.24) is 10.2 Å². The van der Waals surface area contributed by atoms with E-state index in [1.54, 1.807) is 0 Å². The molecule has 0 amide bonds. The van der Waals surface area contributed by atoms with Crippen LogP contribution in [0.1, 0.15) is 49.3 Å². The highest BCUT2D eigenvalue weighted by Gasteiger charge is 2.32. The van der Waals surface area contributed by atoms with Crippen LogP contribution in [-0.2, 0) is 6.54 Å². The molecule has 1 atom stereocenters. The third kappa shape index (κ3) is 3.69. The fraction of sp³-hybridized carbons (Fsp3) is 0.308. The first-order chi connectivity index (χ1) is 13.8. The molecule has 0 bridgehead atoms. The lowest BCUT2D eigenvalue weighted by atomic mass is 9.97. The summed E-state index contributed by atoms with van der Waals surface area (Å²) in [5.74, 6) is 0. The summed E-state index contributed by atoms with van der Waals surface area (Å²) >= 11 is 0. The molecule has 0 radical (unpaired) electrons. The highest BCUT2D eigenvalue weighted by molar-refractivity contribution is 5.74. The molecule has 4 rings (SSSR count). The number of aryl methyl sites for hydroxylation is 1. The summed E-state index contributed by atoms with van der Waals surface area (Å²) in [6.07, 6.45) is 8.54. The van der Waals surface area contributed by atoms with Gasteiger partial charge in [0.2, 0.25) is 0 Å². The Balaban J connectivity index is 1.54. The predicted octanol–water partition coefficient (Wildman–Crippen LogP) is 6.15. The number of hydrogen-bond acceptors (Lipinski definition) is 3. The first-order valence-corrected chi connectivity index (χ1v) is 10.4. The maximum absolute atomic E-state index is 4.40. The molecule has 3 aliphatic rings. The first-order valence-electron chi connectivity index (χ1n) is 10.4. The summed E-state index contributed by atoms with van der Waals surface area (Å²) in [6.45, 7) is 22.1. The number of anilines is 1. The first kappa shape index (κ1) is 19.4. The molecule has 2 heterocycles. The number of hydrogen-bond donors (Lipinski definition) is 2. The summed E-state index contributed by atoms with van der Waals surface area (Å²) in [4.78, 5) is 2.38. The summed E-state index contributed by atoms with van der Waals surface area (Å²) in [7, 11) is 0. The Kier molecular flexibility index (Phi) is 4.99. The molecular formula is C26H31N3. The van der Waals surface area contributed by atoms with Crippen molar-refractivity contribution in [2.45, 2.75) is 52.1 Å². The van der Waals surface area contributed by atoms with E-state index in [0.717, 1.165) is 60.7 Å². The third-order valence-corrected chi connectivity index (χ3v) is 6.31. The molecule has 1 saturated heterocycles. The van der Waals surface area contributed by atoms with Crippen LogP contribution in [0.15, 0.2) is 78.8 Å². The van der Waals surface area contributed by atoms with E-state index >= 15 is 0 Å². The van der Waals surface area contributed by atoms with Crippen LogP contribution in [0.25, 0.3) is 5.70 Å². The van der Waals surface area contributed by atoms with Gasteiger partial charge in [-0.15, -0.1) is 0 Å². The van der Waals surface area contributed by atoms with E-state index in [-0.39, 0.29) is 6.04 Å². The number of allylic oxidation sites excluding steroid dienone is 5. The number of piperidine rings is 1. The van der Waals surface area contributed by atoms with E-state index in [1.165, 1.54) is 27.8 Å². The fourth-order valence-electron chi connectivity index (χ4n) is 4.46. The van der Waals surface area contributed by atoms with Crippen LogP contribution >= 0.6 is 0 Å². The molecule has 1 unspecified atom stereocenters. The molecule has 2 aliphatic heterocycles. The predicted molar refractivity (Wildman–Crippen MR) is 124 cm³/mol. The molecule has 0 spiro atoms. The van der Waals surface area contributed by atoms with Crippen LogP contribution in [0, 0.1) is 6.92 Å². The van der Waals surface area contributed by atoms with Gasteiger partial charge in [0, 0.05) is 40.6 Å². The van der Waals surface area contributed by atoms with Gasteiger partial charge in [-0.25, -0.2) is 0 Å². The van der Waals surface area contributed by atoms with Crippen molar-refractivity contribution in [2.75, 3.05) is 5.32 Å². The molecule has 0 saturated carbocycles. The van der Waals surface area contributed by atoms with E-state index in [1.807, 2.05) is 0 Å². The normalized spacial score (nSPS) is 21.4. The van der Waals surface area contributed by atoms with E-state index in [4.69, 9.17) is 0 Å².